The minimum atomic E-state index is -2.56. The number of aromatic amines is 1. The molecule has 0 aliphatic carbocycles. The number of rotatable bonds is 10. The number of benzene rings is 2. The number of aliphatic hydroxyl groups excluding tert-OH is 1. The van der Waals surface area contributed by atoms with E-state index in [9.17, 15) is 39.6 Å². The quantitative estimate of drug-likeness (QED) is 0.143. The molecule has 4 aromatic rings. The van der Waals surface area contributed by atoms with Crippen molar-refractivity contribution in [3.63, 3.8) is 0 Å². The zero-order valence-electron chi connectivity index (χ0n) is 38.3. The first-order chi connectivity index (χ1) is 31.3. The molecule has 2 aromatic heterocycles. The number of methoxy groups -OCH3 is 2. The number of nitrogens with one attached hydrogen (secondary N) is 1. The Labute approximate surface area is 381 Å². The van der Waals surface area contributed by atoms with Crippen LogP contribution in [0.2, 0.25) is 0 Å². The highest BCUT2D eigenvalue weighted by molar-refractivity contribution is 6.03. The number of hydrogen-bond donors (Lipinski definition) is 5. The lowest BCUT2D eigenvalue weighted by atomic mass is 9.79. The first-order valence-corrected chi connectivity index (χ1v) is 22.8. The Bertz CT molecular complexity index is 2780. The molecule has 6 aliphatic rings. The number of ether oxygens (including phenoxy) is 3. The van der Waals surface area contributed by atoms with Crippen molar-refractivity contribution in [2.75, 3.05) is 33.9 Å². The molecule has 8 unspecified atom stereocenters. The molecule has 66 heavy (non-hydrogen) atoms. The Kier molecular flexibility index (Phi) is 10.3. The first-order valence-electron chi connectivity index (χ1n) is 22.8. The van der Waals surface area contributed by atoms with Crippen molar-refractivity contribution in [1.29, 1.82) is 0 Å². The largest absolute Gasteiger partial charge is 0.497 e. The summed E-state index contributed by atoms with van der Waals surface area (Å²) in [4.78, 5) is 66.8. The van der Waals surface area contributed by atoms with Gasteiger partial charge in [-0.25, -0.2) is 0 Å². The van der Waals surface area contributed by atoms with E-state index in [1.54, 1.807) is 52.3 Å². The molecule has 6 aliphatic heterocycles. The SMILES string of the molecule is COc1ccc2c3c([nH]c2c1)C(CC(C)(C)O)N1C(=O)C2CCCN2C(=O)C1(O)C3OCC(C)=CCn1c2c(c3ccc(OC)cc31)C(O)C1(O)C(=O)N3CCCC3C(=O)N1C2C=C(C)C. The van der Waals surface area contributed by atoms with Crippen molar-refractivity contribution < 1.29 is 53.8 Å². The molecule has 4 fully saturated rings. The van der Waals surface area contributed by atoms with Crippen LogP contribution in [0.4, 0.5) is 0 Å². The van der Waals surface area contributed by atoms with Crippen molar-refractivity contribution in [2.24, 2.45) is 0 Å². The number of hydrogen-bond acceptors (Lipinski definition) is 11. The molecule has 17 heteroatoms. The summed E-state index contributed by atoms with van der Waals surface area (Å²) in [5.74, 6) is -1.11. The van der Waals surface area contributed by atoms with Gasteiger partial charge in [-0.1, -0.05) is 23.3 Å². The maximum absolute atomic E-state index is 14.8. The fraction of sp³-hybridized carbons (Fsp3) is 0.510. The molecule has 5 N–H and O–H groups in total. The summed E-state index contributed by atoms with van der Waals surface area (Å²) in [6.07, 6.45) is 2.69. The third kappa shape index (κ3) is 6.22. The third-order valence-electron chi connectivity index (χ3n) is 14.6. The van der Waals surface area contributed by atoms with Crippen LogP contribution in [0, 0.1) is 0 Å². The maximum atomic E-state index is 14.8. The number of carbonyl (C=O) groups is 4. The van der Waals surface area contributed by atoms with Gasteiger partial charge in [0.05, 0.1) is 49.7 Å². The number of aromatic nitrogens is 2. The fourth-order valence-corrected chi connectivity index (χ4v) is 11.8. The van der Waals surface area contributed by atoms with Crippen molar-refractivity contribution in [3.05, 3.63) is 82.2 Å². The molecular weight excluding hydrogens is 849 g/mol. The van der Waals surface area contributed by atoms with E-state index in [4.69, 9.17) is 14.2 Å². The second kappa shape index (κ2) is 15.4. The van der Waals surface area contributed by atoms with E-state index in [-0.39, 0.29) is 19.6 Å². The van der Waals surface area contributed by atoms with Gasteiger partial charge in [-0.3, -0.25) is 29.0 Å². The van der Waals surface area contributed by atoms with E-state index in [0.717, 1.165) is 5.57 Å². The topological polar surface area (TPSA) is 211 Å². The highest BCUT2D eigenvalue weighted by atomic mass is 16.5. The van der Waals surface area contributed by atoms with E-state index in [0.29, 0.717) is 100 Å². The standard InChI is InChI=1S/C49H58N6O11/c1-25(2)20-35-40-38(41(56)48(62)45(59)52-17-8-10-32(52)43(57)54(35)48)30-15-13-28(65-7)22-34(30)51(40)19-16-26(3)24-66-42-37-29-14-12-27(64-6)21-31(29)50-39(37)36(23-47(4,5)61)55-44(58)33-11-9-18-53(33)46(60)49(42,55)63/h12-16,20-22,32-33,35-36,41-42,50,56,61-63H,8-11,17-19,23-24H2,1-7H3. The lowest BCUT2D eigenvalue weighted by Gasteiger charge is -2.56. The van der Waals surface area contributed by atoms with Crippen LogP contribution in [0.5, 0.6) is 11.5 Å². The Morgan fingerprint density at radius 2 is 1.45 bits per heavy atom. The fourth-order valence-electron chi connectivity index (χ4n) is 11.8. The molecule has 8 atom stereocenters. The maximum Gasteiger partial charge on any atom is 0.279 e. The van der Waals surface area contributed by atoms with Crippen LogP contribution in [0.3, 0.4) is 0 Å². The smallest absolute Gasteiger partial charge is 0.279 e. The number of amides is 4. The van der Waals surface area contributed by atoms with E-state index >= 15 is 0 Å². The molecule has 10 rings (SSSR count). The van der Waals surface area contributed by atoms with Gasteiger partial charge in [0.2, 0.25) is 11.8 Å². The summed E-state index contributed by atoms with van der Waals surface area (Å²) < 4.78 is 19.9. The average Bonchev–Trinajstić information content (AvgIpc) is 4.09. The van der Waals surface area contributed by atoms with Gasteiger partial charge in [-0.15, -0.1) is 0 Å². The molecule has 2 aromatic carbocycles. The van der Waals surface area contributed by atoms with Crippen LogP contribution in [-0.2, 0) is 30.5 Å². The van der Waals surface area contributed by atoms with Crippen molar-refractivity contribution in [2.45, 2.75) is 127 Å². The van der Waals surface area contributed by atoms with E-state index in [1.165, 1.54) is 19.6 Å². The third-order valence-corrected chi connectivity index (χ3v) is 14.6. The summed E-state index contributed by atoms with van der Waals surface area (Å²) in [6.45, 7) is 9.51. The van der Waals surface area contributed by atoms with Crippen molar-refractivity contribution in [1.82, 2.24) is 29.2 Å². The van der Waals surface area contributed by atoms with Crippen molar-refractivity contribution in [3.8, 4) is 11.5 Å². The summed E-state index contributed by atoms with van der Waals surface area (Å²) in [6, 6.07) is 7.38. The van der Waals surface area contributed by atoms with Gasteiger partial charge >= 0.3 is 0 Å². The molecule has 0 saturated carbocycles. The predicted octanol–water partition coefficient (Wildman–Crippen LogP) is 4.16. The average molecular weight is 907 g/mol. The van der Waals surface area contributed by atoms with Gasteiger partial charge in [0.1, 0.15) is 35.8 Å². The van der Waals surface area contributed by atoms with E-state index in [1.807, 2.05) is 49.6 Å². The Morgan fingerprint density at radius 3 is 2.08 bits per heavy atom. The number of allylic oxidation sites excluding steroid dienone is 2. The second-order valence-corrected chi connectivity index (χ2v) is 19.7. The number of carbonyl (C=O) groups excluding carboxylic acids is 4. The van der Waals surface area contributed by atoms with Crippen LogP contribution in [0.25, 0.3) is 21.8 Å². The van der Waals surface area contributed by atoms with Gasteiger partial charge in [0, 0.05) is 71.3 Å². The lowest BCUT2D eigenvalue weighted by molar-refractivity contribution is -0.241. The molecule has 350 valence electrons. The molecule has 0 radical (unpaired) electrons. The summed E-state index contributed by atoms with van der Waals surface area (Å²) in [5, 5.41) is 50.3. The number of aliphatic hydroxyl groups is 4. The highest BCUT2D eigenvalue weighted by Crippen LogP contribution is 2.56. The summed E-state index contributed by atoms with van der Waals surface area (Å²) >= 11 is 0. The number of nitrogens with zero attached hydrogens (tertiary/aromatic N) is 5. The molecule has 4 saturated heterocycles. The summed E-state index contributed by atoms with van der Waals surface area (Å²) in [5.41, 5.74) is -1.69. The monoisotopic (exact) mass is 906 g/mol. The van der Waals surface area contributed by atoms with Crippen LogP contribution in [-0.4, -0.2) is 136 Å². The first kappa shape index (κ1) is 44.1. The van der Waals surface area contributed by atoms with Crippen LogP contribution in [0.1, 0.15) is 114 Å². The van der Waals surface area contributed by atoms with Gasteiger partial charge in [-0.05, 0) is 84.6 Å². The zero-order chi connectivity index (χ0) is 46.9. The Hall–Kier alpha value is -5.72. The highest BCUT2D eigenvalue weighted by Gasteiger charge is 2.68. The number of H-pyrrole nitrogens is 1. The molecule has 4 amide bonds. The molecular formula is C49H58N6O11. The van der Waals surface area contributed by atoms with E-state index in [2.05, 4.69) is 4.98 Å². The normalized spacial score (nSPS) is 29.5. The zero-order valence-corrected chi connectivity index (χ0v) is 38.3. The molecule has 8 heterocycles. The molecule has 0 spiro atoms. The van der Waals surface area contributed by atoms with E-state index < -0.39 is 77.1 Å². The molecule has 0 bridgehead atoms. The number of fused-ring (bicyclic) bond motifs is 10. The number of piperazine rings is 2. The van der Waals surface area contributed by atoms with Gasteiger partial charge in [0.25, 0.3) is 23.3 Å². The van der Waals surface area contributed by atoms with Crippen LogP contribution >= 0.6 is 0 Å². The minimum absolute atomic E-state index is 0.0134. The Balaban J connectivity index is 1.08. The van der Waals surface area contributed by atoms with Gasteiger partial charge in [0.15, 0.2) is 0 Å². The Morgan fingerprint density at radius 1 is 0.848 bits per heavy atom. The molecule has 17 nitrogen and oxygen atoms in total. The van der Waals surface area contributed by atoms with Crippen molar-refractivity contribution >= 4 is 45.4 Å². The predicted molar refractivity (Wildman–Crippen MR) is 240 cm³/mol. The van der Waals surface area contributed by atoms with Crippen LogP contribution < -0.4 is 9.47 Å². The van der Waals surface area contributed by atoms with Crippen LogP contribution in [0.15, 0.2) is 59.7 Å². The van der Waals surface area contributed by atoms with Gasteiger partial charge < -0.3 is 54.0 Å². The minimum Gasteiger partial charge on any atom is -0.497 e. The van der Waals surface area contributed by atoms with Gasteiger partial charge in [-0.2, -0.15) is 0 Å². The summed E-state index contributed by atoms with van der Waals surface area (Å²) in [7, 11) is 3.10. The lowest BCUT2D eigenvalue weighted by Crippen LogP contribution is -2.74. The second-order valence-electron chi connectivity index (χ2n) is 19.7.